The molecule has 0 aliphatic heterocycles. The summed E-state index contributed by atoms with van der Waals surface area (Å²) in [5.41, 5.74) is 1.61. The second-order valence-electron chi connectivity index (χ2n) is 3.80. The Bertz CT molecular complexity index is 528. The van der Waals surface area contributed by atoms with Gasteiger partial charge in [-0.15, -0.1) is 0 Å². The third-order valence-corrected chi connectivity index (χ3v) is 3.36. The molecule has 0 bridgehead atoms. The molecule has 1 nitrogen and oxygen atoms in total. The lowest BCUT2D eigenvalue weighted by atomic mass is 10.2. The van der Waals surface area contributed by atoms with Crippen molar-refractivity contribution in [2.75, 3.05) is 0 Å². The number of ether oxygens (including phenoxy) is 1. The average molecular weight is 330 g/mol. The molecule has 0 aliphatic rings. The highest BCUT2D eigenvalue weighted by molar-refractivity contribution is 9.08. The predicted molar refractivity (Wildman–Crippen MR) is 74.8 cm³/mol. The van der Waals surface area contributed by atoms with Crippen LogP contribution < -0.4 is 4.74 Å². The average Bonchev–Trinajstić information content (AvgIpc) is 2.40. The van der Waals surface area contributed by atoms with Crippen LogP contribution in [0.4, 0.5) is 4.39 Å². The lowest BCUT2D eigenvalue weighted by Crippen LogP contribution is -1.98. The Balaban J connectivity index is 2.04. The van der Waals surface area contributed by atoms with Gasteiger partial charge in [0.25, 0.3) is 0 Å². The van der Waals surface area contributed by atoms with Crippen molar-refractivity contribution in [3.8, 4) is 5.75 Å². The van der Waals surface area contributed by atoms with E-state index in [1.807, 2.05) is 24.3 Å². The van der Waals surface area contributed by atoms with Crippen molar-refractivity contribution in [1.82, 2.24) is 0 Å². The molecule has 0 aromatic heterocycles. The highest BCUT2D eigenvalue weighted by Gasteiger charge is 2.04. The van der Waals surface area contributed by atoms with E-state index in [1.165, 1.54) is 12.1 Å². The molecule has 0 atom stereocenters. The highest BCUT2D eigenvalue weighted by Crippen LogP contribution is 2.19. The summed E-state index contributed by atoms with van der Waals surface area (Å²) in [6, 6.07) is 12.1. The summed E-state index contributed by atoms with van der Waals surface area (Å²) < 4.78 is 19.0. The zero-order valence-electron chi connectivity index (χ0n) is 9.50. The van der Waals surface area contributed by atoms with E-state index in [4.69, 9.17) is 16.3 Å². The van der Waals surface area contributed by atoms with Crippen molar-refractivity contribution < 1.29 is 9.13 Å². The number of rotatable bonds is 4. The summed E-state index contributed by atoms with van der Waals surface area (Å²) >= 11 is 9.18. The summed E-state index contributed by atoms with van der Waals surface area (Å²) in [4.78, 5) is 0. The molecule has 2 aromatic rings. The van der Waals surface area contributed by atoms with Gasteiger partial charge < -0.3 is 4.74 Å². The van der Waals surface area contributed by atoms with Gasteiger partial charge in [0, 0.05) is 15.9 Å². The second kappa shape index (κ2) is 6.21. The number of hydrogen-bond acceptors (Lipinski definition) is 1. The van der Waals surface area contributed by atoms with Crippen molar-refractivity contribution in [3.63, 3.8) is 0 Å². The van der Waals surface area contributed by atoms with E-state index in [0.29, 0.717) is 16.3 Å². The molecule has 0 heterocycles. The monoisotopic (exact) mass is 328 g/mol. The first kappa shape index (κ1) is 13.4. The number of halogens is 3. The maximum atomic E-state index is 13.4. The van der Waals surface area contributed by atoms with Gasteiger partial charge in [0.05, 0.1) is 0 Å². The van der Waals surface area contributed by atoms with Gasteiger partial charge in [0.15, 0.2) is 0 Å². The maximum Gasteiger partial charge on any atom is 0.129 e. The van der Waals surface area contributed by atoms with Gasteiger partial charge in [-0.3, -0.25) is 0 Å². The number of alkyl halides is 1. The Kier molecular flexibility index (Phi) is 4.61. The first-order valence-electron chi connectivity index (χ1n) is 5.40. The smallest absolute Gasteiger partial charge is 0.129 e. The fourth-order valence-electron chi connectivity index (χ4n) is 1.49. The van der Waals surface area contributed by atoms with Crippen LogP contribution in [0.2, 0.25) is 5.02 Å². The van der Waals surface area contributed by atoms with Gasteiger partial charge >= 0.3 is 0 Å². The Hall–Kier alpha value is -1.06. The lowest BCUT2D eigenvalue weighted by molar-refractivity contribution is 0.300. The van der Waals surface area contributed by atoms with Gasteiger partial charge in [0.2, 0.25) is 0 Å². The summed E-state index contributed by atoms with van der Waals surface area (Å²) in [7, 11) is 0. The standard InChI is InChI=1S/C14H11BrClFO/c15-8-10-1-4-13(5-2-10)18-9-11-7-12(16)3-6-14(11)17/h1-7H,8-9H2. The van der Waals surface area contributed by atoms with Gasteiger partial charge in [0.1, 0.15) is 18.2 Å². The zero-order chi connectivity index (χ0) is 13.0. The first-order valence-corrected chi connectivity index (χ1v) is 6.90. The van der Waals surface area contributed by atoms with Crippen LogP contribution in [0, 0.1) is 5.82 Å². The molecule has 0 amide bonds. The van der Waals surface area contributed by atoms with E-state index in [2.05, 4.69) is 15.9 Å². The molecule has 2 rings (SSSR count). The fraction of sp³-hybridized carbons (Fsp3) is 0.143. The van der Waals surface area contributed by atoms with Crippen LogP contribution in [-0.4, -0.2) is 0 Å². The molecular weight excluding hydrogens is 319 g/mol. The molecule has 0 saturated heterocycles. The normalized spacial score (nSPS) is 10.4. The number of benzene rings is 2. The minimum Gasteiger partial charge on any atom is -0.489 e. The Morgan fingerprint density at radius 1 is 1.11 bits per heavy atom. The van der Waals surface area contributed by atoms with Crippen LogP contribution in [-0.2, 0) is 11.9 Å². The second-order valence-corrected chi connectivity index (χ2v) is 4.80. The molecule has 2 aromatic carbocycles. The van der Waals surface area contributed by atoms with E-state index in [9.17, 15) is 4.39 Å². The van der Waals surface area contributed by atoms with Gasteiger partial charge in [-0.25, -0.2) is 4.39 Å². The molecule has 0 unspecified atom stereocenters. The van der Waals surface area contributed by atoms with E-state index in [1.54, 1.807) is 6.07 Å². The summed E-state index contributed by atoms with van der Waals surface area (Å²) in [6.45, 7) is 0.167. The summed E-state index contributed by atoms with van der Waals surface area (Å²) in [5.74, 6) is 0.399. The van der Waals surface area contributed by atoms with E-state index in [-0.39, 0.29) is 12.4 Å². The van der Waals surface area contributed by atoms with Crippen LogP contribution in [0.5, 0.6) is 5.75 Å². The third kappa shape index (κ3) is 3.47. The fourth-order valence-corrected chi connectivity index (χ4v) is 2.06. The van der Waals surface area contributed by atoms with Crippen LogP contribution in [0.25, 0.3) is 0 Å². The molecule has 4 heteroatoms. The quantitative estimate of drug-likeness (QED) is 0.721. The Morgan fingerprint density at radius 3 is 2.50 bits per heavy atom. The zero-order valence-corrected chi connectivity index (χ0v) is 11.8. The first-order chi connectivity index (χ1) is 8.69. The van der Waals surface area contributed by atoms with Crippen molar-refractivity contribution in [2.24, 2.45) is 0 Å². The largest absolute Gasteiger partial charge is 0.489 e. The molecule has 0 N–H and O–H groups in total. The van der Waals surface area contributed by atoms with Gasteiger partial charge in [-0.05, 0) is 35.9 Å². The molecule has 0 radical (unpaired) electrons. The van der Waals surface area contributed by atoms with E-state index in [0.717, 1.165) is 10.9 Å². The number of hydrogen-bond donors (Lipinski definition) is 0. The maximum absolute atomic E-state index is 13.4. The van der Waals surface area contributed by atoms with Gasteiger partial charge in [-0.1, -0.05) is 39.7 Å². The van der Waals surface area contributed by atoms with E-state index < -0.39 is 0 Å². The molecular formula is C14H11BrClFO. The van der Waals surface area contributed by atoms with E-state index >= 15 is 0 Å². The SMILES string of the molecule is Fc1ccc(Cl)cc1COc1ccc(CBr)cc1. The third-order valence-electron chi connectivity index (χ3n) is 2.48. The highest BCUT2D eigenvalue weighted by atomic mass is 79.9. The van der Waals surface area contributed by atoms with Gasteiger partial charge in [-0.2, -0.15) is 0 Å². The molecule has 0 spiro atoms. The predicted octanol–water partition coefficient (Wildman–Crippen LogP) is 4.95. The topological polar surface area (TPSA) is 9.23 Å². The van der Waals surface area contributed by atoms with Crippen LogP contribution in [0.15, 0.2) is 42.5 Å². The van der Waals surface area contributed by atoms with Crippen molar-refractivity contribution >= 4 is 27.5 Å². The summed E-state index contributed by atoms with van der Waals surface area (Å²) in [6.07, 6.45) is 0. The van der Waals surface area contributed by atoms with Crippen LogP contribution in [0.1, 0.15) is 11.1 Å². The van der Waals surface area contributed by atoms with Crippen molar-refractivity contribution in [3.05, 3.63) is 64.4 Å². The van der Waals surface area contributed by atoms with Crippen LogP contribution in [0.3, 0.4) is 0 Å². The molecule has 0 saturated carbocycles. The minimum atomic E-state index is -0.309. The molecule has 18 heavy (non-hydrogen) atoms. The minimum absolute atomic E-state index is 0.167. The van der Waals surface area contributed by atoms with Crippen LogP contribution >= 0.6 is 27.5 Å². The lowest BCUT2D eigenvalue weighted by Gasteiger charge is -2.08. The molecule has 94 valence electrons. The summed E-state index contributed by atoms with van der Waals surface area (Å²) in [5, 5.41) is 1.31. The molecule has 0 fully saturated rings. The molecule has 0 aliphatic carbocycles. The Morgan fingerprint density at radius 2 is 1.83 bits per heavy atom. The Labute approximate surface area is 119 Å². The van der Waals surface area contributed by atoms with Crippen molar-refractivity contribution in [2.45, 2.75) is 11.9 Å². The van der Waals surface area contributed by atoms with Crippen molar-refractivity contribution in [1.29, 1.82) is 0 Å².